The van der Waals surface area contributed by atoms with Crippen LogP contribution in [0.2, 0.25) is 0 Å². The fourth-order valence-corrected chi connectivity index (χ4v) is 1.21. The summed E-state index contributed by atoms with van der Waals surface area (Å²) in [6.07, 6.45) is 1.85. The molecule has 0 spiro atoms. The van der Waals surface area contributed by atoms with Crippen molar-refractivity contribution in [2.75, 3.05) is 6.26 Å². The first-order chi connectivity index (χ1) is 5.27. The maximum Gasteiger partial charge on any atom is 0.131 e. The van der Waals surface area contributed by atoms with E-state index in [1.54, 1.807) is 12.1 Å². The van der Waals surface area contributed by atoms with Crippen molar-refractivity contribution < 1.29 is 5.11 Å². The SMILES string of the molecule is CSc1ccc(N=O)cc1O. The molecule has 0 saturated heterocycles. The molecule has 0 fully saturated rings. The van der Waals surface area contributed by atoms with E-state index in [0.717, 1.165) is 4.90 Å². The van der Waals surface area contributed by atoms with Gasteiger partial charge in [-0.3, -0.25) is 0 Å². The molecule has 1 rings (SSSR count). The third-order valence-corrected chi connectivity index (χ3v) is 2.05. The number of phenolic OH excluding ortho intramolecular Hbond substituents is 1. The van der Waals surface area contributed by atoms with Crippen LogP contribution in [0, 0.1) is 4.91 Å². The predicted molar refractivity (Wildman–Crippen MR) is 45.3 cm³/mol. The summed E-state index contributed by atoms with van der Waals surface area (Å²) in [4.78, 5) is 10.7. The average molecular weight is 169 g/mol. The molecule has 0 bridgehead atoms. The topological polar surface area (TPSA) is 49.7 Å². The smallest absolute Gasteiger partial charge is 0.131 e. The maximum atomic E-state index is 9.99. The number of thioether (sulfide) groups is 1. The summed E-state index contributed by atoms with van der Waals surface area (Å²) in [7, 11) is 0. The molecule has 4 heteroatoms. The largest absolute Gasteiger partial charge is 0.507 e. The summed E-state index contributed by atoms with van der Waals surface area (Å²) < 4.78 is 0. The molecule has 0 atom stereocenters. The van der Waals surface area contributed by atoms with Gasteiger partial charge in [0, 0.05) is 11.0 Å². The lowest BCUT2D eigenvalue weighted by molar-refractivity contribution is 0.463. The van der Waals surface area contributed by atoms with E-state index in [2.05, 4.69) is 5.18 Å². The summed E-state index contributed by atoms with van der Waals surface area (Å²) in [6.45, 7) is 0. The monoisotopic (exact) mass is 169 g/mol. The van der Waals surface area contributed by atoms with Gasteiger partial charge in [0.15, 0.2) is 0 Å². The van der Waals surface area contributed by atoms with Crippen molar-refractivity contribution in [2.45, 2.75) is 4.90 Å². The summed E-state index contributed by atoms with van der Waals surface area (Å²) in [5, 5.41) is 11.9. The second-order valence-corrected chi connectivity index (χ2v) is 2.80. The van der Waals surface area contributed by atoms with E-state index < -0.39 is 0 Å². The van der Waals surface area contributed by atoms with Gasteiger partial charge in [0.25, 0.3) is 0 Å². The Kier molecular flexibility index (Phi) is 2.48. The van der Waals surface area contributed by atoms with Crippen LogP contribution in [-0.4, -0.2) is 11.4 Å². The van der Waals surface area contributed by atoms with Crippen LogP contribution >= 0.6 is 11.8 Å². The molecule has 11 heavy (non-hydrogen) atoms. The Labute approximate surface area is 68.4 Å². The molecule has 3 nitrogen and oxygen atoms in total. The van der Waals surface area contributed by atoms with Crippen LogP contribution in [0.5, 0.6) is 5.75 Å². The van der Waals surface area contributed by atoms with Crippen molar-refractivity contribution in [3.05, 3.63) is 23.1 Å². The second-order valence-electron chi connectivity index (χ2n) is 1.95. The van der Waals surface area contributed by atoms with Crippen LogP contribution in [0.4, 0.5) is 5.69 Å². The average Bonchev–Trinajstić information content (AvgIpc) is 2.04. The number of benzene rings is 1. The Balaban J connectivity index is 3.09. The van der Waals surface area contributed by atoms with E-state index in [9.17, 15) is 10.0 Å². The highest BCUT2D eigenvalue weighted by atomic mass is 32.2. The fraction of sp³-hybridized carbons (Fsp3) is 0.143. The van der Waals surface area contributed by atoms with Gasteiger partial charge in [0.05, 0.1) is 0 Å². The Hall–Kier alpha value is -1.03. The van der Waals surface area contributed by atoms with E-state index in [1.165, 1.54) is 17.8 Å². The standard InChI is InChI=1S/C7H7NO2S/c1-11-7-3-2-5(8-10)4-6(7)9/h2-4,9H,1H3. The van der Waals surface area contributed by atoms with E-state index in [4.69, 9.17) is 0 Å². The highest BCUT2D eigenvalue weighted by molar-refractivity contribution is 7.98. The van der Waals surface area contributed by atoms with Gasteiger partial charge in [-0.05, 0) is 23.6 Å². The Morgan fingerprint density at radius 2 is 2.27 bits per heavy atom. The second kappa shape index (κ2) is 3.39. The minimum Gasteiger partial charge on any atom is -0.507 e. The van der Waals surface area contributed by atoms with Crippen molar-refractivity contribution in [3.8, 4) is 5.75 Å². The zero-order valence-electron chi connectivity index (χ0n) is 5.94. The van der Waals surface area contributed by atoms with Crippen LogP contribution in [-0.2, 0) is 0 Å². The third kappa shape index (κ3) is 1.71. The first kappa shape index (κ1) is 8.07. The first-order valence-corrected chi connectivity index (χ1v) is 4.20. The minimum absolute atomic E-state index is 0.106. The zero-order valence-corrected chi connectivity index (χ0v) is 6.76. The summed E-state index contributed by atoms with van der Waals surface area (Å²) in [5.74, 6) is 0.106. The van der Waals surface area contributed by atoms with Crippen molar-refractivity contribution >= 4 is 17.4 Å². The van der Waals surface area contributed by atoms with Crippen molar-refractivity contribution in [1.29, 1.82) is 0 Å². The summed E-state index contributed by atoms with van der Waals surface area (Å²) in [6, 6.07) is 4.58. The summed E-state index contributed by atoms with van der Waals surface area (Å²) in [5.41, 5.74) is 0.250. The quantitative estimate of drug-likeness (QED) is 0.546. The molecular weight excluding hydrogens is 162 g/mol. The van der Waals surface area contributed by atoms with Gasteiger partial charge in [-0.1, -0.05) is 0 Å². The maximum absolute atomic E-state index is 9.99. The third-order valence-electron chi connectivity index (χ3n) is 1.27. The lowest BCUT2D eigenvalue weighted by Gasteiger charge is -1.98. The molecule has 1 N–H and O–H groups in total. The Bertz CT molecular complexity index is 275. The predicted octanol–water partition coefficient (Wildman–Crippen LogP) is 2.51. The number of hydrogen-bond donors (Lipinski definition) is 1. The lowest BCUT2D eigenvalue weighted by Crippen LogP contribution is -1.71. The molecule has 0 aliphatic heterocycles. The van der Waals surface area contributed by atoms with E-state index in [1.807, 2.05) is 6.26 Å². The number of phenols is 1. The highest BCUT2D eigenvalue weighted by Gasteiger charge is 2.00. The van der Waals surface area contributed by atoms with Crippen LogP contribution in [0.1, 0.15) is 0 Å². The molecule has 1 aromatic rings. The van der Waals surface area contributed by atoms with Crippen LogP contribution in [0.25, 0.3) is 0 Å². The van der Waals surface area contributed by atoms with Gasteiger partial charge in [-0.2, -0.15) is 0 Å². The van der Waals surface area contributed by atoms with Gasteiger partial charge in [-0.25, -0.2) is 0 Å². The molecule has 0 radical (unpaired) electrons. The normalized spacial score (nSPS) is 9.55. The molecule has 58 valence electrons. The van der Waals surface area contributed by atoms with Gasteiger partial charge in [0.1, 0.15) is 11.4 Å². The molecule has 0 unspecified atom stereocenters. The Morgan fingerprint density at radius 1 is 1.55 bits per heavy atom. The van der Waals surface area contributed by atoms with Crippen LogP contribution in [0.15, 0.2) is 28.3 Å². The molecule has 1 aromatic carbocycles. The minimum atomic E-state index is 0.106. The van der Waals surface area contributed by atoms with Gasteiger partial charge < -0.3 is 5.11 Å². The van der Waals surface area contributed by atoms with E-state index >= 15 is 0 Å². The number of hydrogen-bond acceptors (Lipinski definition) is 4. The van der Waals surface area contributed by atoms with Crippen molar-refractivity contribution in [3.63, 3.8) is 0 Å². The van der Waals surface area contributed by atoms with Crippen molar-refractivity contribution in [1.82, 2.24) is 0 Å². The molecule has 0 amide bonds. The molecule has 0 aliphatic carbocycles. The summed E-state index contributed by atoms with van der Waals surface area (Å²) >= 11 is 1.42. The fourth-order valence-electron chi connectivity index (χ4n) is 0.735. The highest BCUT2D eigenvalue weighted by Crippen LogP contribution is 2.29. The van der Waals surface area contributed by atoms with E-state index in [0.29, 0.717) is 0 Å². The van der Waals surface area contributed by atoms with E-state index in [-0.39, 0.29) is 11.4 Å². The van der Waals surface area contributed by atoms with Crippen LogP contribution in [0.3, 0.4) is 0 Å². The van der Waals surface area contributed by atoms with Gasteiger partial charge in [-0.15, -0.1) is 16.7 Å². The van der Waals surface area contributed by atoms with Crippen molar-refractivity contribution in [2.24, 2.45) is 5.18 Å². The molecule has 0 aliphatic rings. The molecule has 0 heterocycles. The van der Waals surface area contributed by atoms with Crippen LogP contribution < -0.4 is 0 Å². The molecule has 0 saturated carbocycles. The number of nitroso groups, excluding NO2 is 1. The lowest BCUT2D eigenvalue weighted by atomic mass is 10.3. The first-order valence-electron chi connectivity index (χ1n) is 2.98. The molecular formula is C7H7NO2S. The Morgan fingerprint density at radius 3 is 2.73 bits per heavy atom. The number of aromatic hydroxyl groups is 1. The number of rotatable bonds is 2. The van der Waals surface area contributed by atoms with Gasteiger partial charge >= 0.3 is 0 Å². The zero-order chi connectivity index (χ0) is 8.27. The number of nitrogens with zero attached hydrogens (tertiary/aromatic N) is 1. The van der Waals surface area contributed by atoms with Gasteiger partial charge in [0.2, 0.25) is 0 Å². The molecule has 0 aromatic heterocycles.